The minimum Gasteiger partial charge on any atom is -0.349 e. The van der Waals surface area contributed by atoms with Crippen molar-refractivity contribution in [3.05, 3.63) is 0 Å². The van der Waals surface area contributed by atoms with Gasteiger partial charge >= 0.3 is 0 Å². The van der Waals surface area contributed by atoms with Gasteiger partial charge in [-0.1, -0.05) is 0 Å². The maximum atomic E-state index is 11.6. The van der Waals surface area contributed by atoms with Gasteiger partial charge in [0.1, 0.15) is 0 Å². The molecule has 1 heterocycles. The molecular formula is C12H23N3O2. The first-order valence-electron chi connectivity index (χ1n) is 6.30. The van der Waals surface area contributed by atoms with Crippen LogP contribution < -0.4 is 5.32 Å². The van der Waals surface area contributed by atoms with Crippen molar-refractivity contribution in [2.45, 2.75) is 25.7 Å². The molecule has 0 bridgehead atoms. The van der Waals surface area contributed by atoms with Crippen molar-refractivity contribution in [3.8, 4) is 0 Å². The van der Waals surface area contributed by atoms with E-state index in [1.54, 1.807) is 19.0 Å². The van der Waals surface area contributed by atoms with E-state index in [2.05, 4.69) is 5.32 Å². The number of hydrogen-bond acceptors (Lipinski definition) is 3. The van der Waals surface area contributed by atoms with Gasteiger partial charge in [-0.3, -0.25) is 9.59 Å². The number of likely N-dealkylation sites (tertiary alicyclic amines) is 1. The fraction of sp³-hybridized carbons (Fsp3) is 0.833. The van der Waals surface area contributed by atoms with E-state index in [9.17, 15) is 9.59 Å². The van der Waals surface area contributed by atoms with Gasteiger partial charge in [-0.05, 0) is 25.8 Å². The molecule has 1 rings (SSSR count). The molecule has 0 atom stereocenters. The number of carbonyl (C=O) groups excluding carboxylic acids is 2. The average molecular weight is 241 g/mol. The van der Waals surface area contributed by atoms with Crippen molar-refractivity contribution >= 4 is 11.8 Å². The molecule has 0 aromatic carbocycles. The van der Waals surface area contributed by atoms with Gasteiger partial charge in [0.15, 0.2) is 0 Å². The molecule has 5 nitrogen and oxygen atoms in total. The fourth-order valence-corrected chi connectivity index (χ4v) is 1.86. The quantitative estimate of drug-likeness (QED) is 0.669. The molecule has 98 valence electrons. The first-order chi connectivity index (χ1) is 8.11. The Kier molecular flexibility index (Phi) is 5.97. The average Bonchev–Trinajstić information content (AvgIpc) is 2.81. The van der Waals surface area contributed by atoms with Crippen molar-refractivity contribution in [3.63, 3.8) is 0 Å². The highest BCUT2D eigenvalue weighted by molar-refractivity contribution is 5.78. The van der Waals surface area contributed by atoms with E-state index < -0.39 is 0 Å². The van der Waals surface area contributed by atoms with Crippen molar-refractivity contribution < 1.29 is 9.59 Å². The highest BCUT2D eigenvalue weighted by Gasteiger charge is 2.16. The standard InChI is InChI=1S/C12H23N3O2/c1-14(2)11(16)6-5-7-13-10-12(17)15-8-3-4-9-15/h13H,3-10H2,1-2H3. The molecule has 0 radical (unpaired) electrons. The maximum Gasteiger partial charge on any atom is 0.236 e. The van der Waals surface area contributed by atoms with Crippen LogP contribution in [0.2, 0.25) is 0 Å². The molecule has 2 amide bonds. The summed E-state index contributed by atoms with van der Waals surface area (Å²) >= 11 is 0. The summed E-state index contributed by atoms with van der Waals surface area (Å²) in [6.45, 7) is 2.93. The summed E-state index contributed by atoms with van der Waals surface area (Å²) in [6, 6.07) is 0. The molecule has 0 aliphatic carbocycles. The third kappa shape index (κ3) is 5.17. The summed E-state index contributed by atoms with van der Waals surface area (Å²) in [5, 5.41) is 3.09. The van der Waals surface area contributed by atoms with Crippen LogP contribution in [0, 0.1) is 0 Å². The van der Waals surface area contributed by atoms with E-state index >= 15 is 0 Å². The number of nitrogens with zero attached hydrogens (tertiary/aromatic N) is 2. The fourth-order valence-electron chi connectivity index (χ4n) is 1.86. The SMILES string of the molecule is CN(C)C(=O)CCCNCC(=O)N1CCCC1. The molecule has 1 aliphatic rings. The number of amides is 2. The first kappa shape index (κ1) is 14.0. The molecule has 0 saturated carbocycles. The van der Waals surface area contributed by atoms with Gasteiger partial charge in [-0.25, -0.2) is 0 Å². The number of nitrogens with one attached hydrogen (secondary N) is 1. The van der Waals surface area contributed by atoms with Gasteiger partial charge in [0.25, 0.3) is 0 Å². The van der Waals surface area contributed by atoms with Gasteiger partial charge in [0, 0.05) is 33.6 Å². The lowest BCUT2D eigenvalue weighted by Crippen LogP contribution is -2.36. The molecule has 17 heavy (non-hydrogen) atoms. The zero-order chi connectivity index (χ0) is 12.7. The third-order valence-corrected chi connectivity index (χ3v) is 2.98. The Labute approximate surface area is 103 Å². The van der Waals surface area contributed by atoms with Crippen LogP contribution in [0.5, 0.6) is 0 Å². The smallest absolute Gasteiger partial charge is 0.236 e. The highest BCUT2D eigenvalue weighted by Crippen LogP contribution is 2.06. The van der Waals surface area contributed by atoms with Crippen LogP contribution in [0.15, 0.2) is 0 Å². The molecule has 0 unspecified atom stereocenters. The van der Waals surface area contributed by atoms with Gasteiger partial charge in [0.2, 0.25) is 11.8 Å². The third-order valence-electron chi connectivity index (χ3n) is 2.98. The van der Waals surface area contributed by atoms with Crippen LogP contribution in [0.4, 0.5) is 0 Å². The van der Waals surface area contributed by atoms with E-state index in [1.165, 1.54) is 0 Å². The molecule has 1 fully saturated rings. The zero-order valence-corrected chi connectivity index (χ0v) is 10.9. The van der Waals surface area contributed by atoms with Gasteiger partial charge in [0.05, 0.1) is 6.54 Å². The van der Waals surface area contributed by atoms with Crippen LogP contribution in [-0.4, -0.2) is 61.9 Å². The Morgan fingerprint density at radius 1 is 1.24 bits per heavy atom. The summed E-state index contributed by atoms with van der Waals surface area (Å²) in [4.78, 5) is 26.4. The monoisotopic (exact) mass is 241 g/mol. The van der Waals surface area contributed by atoms with E-state index in [1.807, 2.05) is 4.90 Å². The number of hydrogen-bond donors (Lipinski definition) is 1. The van der Waals surface area contributed by atoms with Crippen molar-refractivity contribution in [2.24, 2.45) is 0 Å². The van der Waals surface area contributed by atoms with Crippen molar-refractivity contribution in [2.75, 3.05) is 40.3 Å². The number of rotatable bonds is 6. The summed E-state index contributed by atoms with van der Waals surface area (Å²) in [6.07, 6.45) is 3.58. The lowest BCUT2D eigenvalue weighted by atomic mass is 10.3. The van der Waals surface area contributed by atoms with Gasteiger partial charge in [-0.15, -0.1) is 0 Å². The predicted molar refractivity (Wildman–Crippen MR) is 66.6 cm³/mol. The minimum absolute atomic E-state index is 0.137. The van der Waals surface area contributed by atoms with E-state index in [0.29, 0.717) is 13.0 Å². The summed E-state index contributed by atoms with van der Waals surface area (Å²) in [7, 11) is 3.51. The molecule has 1 saturated heterocycles. The lowest BCUT2D eigenvalue weighted by Gasteiger charge is -2.15. The Balaban J connectivity index is 2.00. The molecule has 0 spiro atoms. The summed E-state index contributed by atoms with van der Waals surface area (Å²) < 4.78 is 0. The minimum atomic E-state index is 0.137. The number of carbonyl (C=O) groups is 2. The van der Waals surface area contributed by atoms with Crippen LogP contribution in [0.25, 0.3) is 0 Å². The molecule has 1 N–H and O–H groups in total. The molecule has 1 aliphatic heterocycles. The van der Waals surface area contributed by atoms with Crippen LogP contribution in [0.3, 0.4) is 0 Å². The molecule has 0 aromatic rings. The van der Waals surface area contributed by atoms with Gasteiger partial charge < -0.3 is 15.1 Å². The molecule has 5 heteroatoms. The Bertz CT molecular complexity index is 260. The highest BCUT2D eigenvalue weighted by atomic mass is 16.2. The predicted octanol–water partition coefficient (Wildman–Crippen LogP) is 0.0668. The molecule has 0 aromatic heterocycles. The van der Waals surface area contributed by atoms with Crippen molar-refractivity contribution in [1.29, 1.82) is 0 Å². The van der Waals surface area contributed by atoms with Gasteiger partial charge in [-0.2, -0.15) is 0 Å². The van der Waals surface area contributed by atoms with E-state index in [0.717, 1.165) is 38.9 Å². The van der Waals surface area contributed by atoms with Crippen LogP contribution >= 0.6 is 0 Å². The Hall–Kier alpha value is -1.10. The second-order valence-electron chi connectivity index (χ2n) is 4.66. The normalized spacial score (nSPS) is 15.1. The first-order valence-corrected chi connectivity index (χ1v) is 6.30. The topological polar surface area (TPSA) is 52.7 Å². The van der Waals surface area contributed by atoms with E-state index in [4.69, 9.17) is 0 Å². The van der Waals surface area contributed by atoms with Crippen LogP contribution in [0.1, 0.15) is 25.7 Å². The van der Waals surface area contributed by atoms with Crippen LogP contribution in [-0.2, 0) is 9.59 Å². The molecular weight excluding hydrogens is 218 g/mol. The maximum absolute atomic E-state index is 11.6. The summed E-state index contributed by atoms with van der Waals surface area (Å²) in [5.74, 6) is 0.319. The second-order valence-corrected chi connectivity index (χ2v) is 4.66. The zero-order valence-electron chi connectivity index (χ0n) is 10.9. The lowest BCUT2D eigenvalue weighted by molar-refractivity contribution is -0.129. The van der Waals surface area contributed by atoms with Crippen molar-refractivity contribution in [1.82, 2.24) is 15.1 Å². The Morgan fingerprint density at radius 3 is 2.47 bits per heavy atom. The Morgan fingerprint density at radius 2 is 1.88 bits per heavy atom. The summed E-state index contributed by atoms with van der Waals surface area (Å²) in [5.41, 5.74) is 0. The second kappa shape index (κ2) is 7.27. The van der Waals surface area contributed by atoms with E-state index in [-0.39, 0.29) is 11.8 Å². The largest absolute Gasteiger partial charge is 0.349 e.